The smallest absolute Gasteiger partial charge is 0.234 e. The van der Waals surface area contributed by atoms with Gasteiger partial charge < -0.3 is 16.0 Å². The molecular formula is C12H27N3O. The number of nitrogens with one attached hydrogen (secondary N) is 1. The second-order valence-corrected chi connectivity index (χ2v) is 4.56. The summed E-state index contributed by atoms with van der Waals surface area (Å²) in [4.78, 5) is 13.3. The third-order valence-electron chi connectivity index (χ3n) is 2.64. The summed E-state index contributed by atoms with van der Waals surface area (Å²) in [6, 6.07) is -0.156. The predicted octanol–water partition coefficient (Wildman–Crippen LogP) is 0.962. The van der Waals surface area contributed by atoms with Crippen molar-refractivity contribution in [1.29, 1.82) is 0 Å². The first-order valence-electron chi connectivity index (χ1n) is 6.25. The predicted molar refractivity (Wildman–Crippen MR) is 68.3 cm³/mol. The average Bonchev–Trinajstić information content (AvgIpc) is 2.20. The molecule has 0 aromatic carbocycles. The van der Waals surface area contributed by atoms with E-state index in [1.54, 1.807) is 0 Å². The van der Waals surface area contributed by atoms with Gasteiger partial charge in [-0.25, -0.2) is 0 Å². The Morgan fingerprint density at radius 2 is 2.00 bits per heavy atom. The molecule has 0 aliphatic heterocycles. The quantitative estimate of drug-likeness (QED) is 0.549. The van der Waals surface area contributed by atoms with Crippen LogP contribution in [0.25, 0.3) is 0 Å². The van der Waals surface area contributed by atoms with Crippen molar-refractivity contribution in [2.45, 2.75) is 45.1 Å². The fourth-order valence-electron chi connectivity index (χ4n) is 1.58. The fourth-order valence-corrected chi connectivity index (χ4v) is 1.58. The molecule has 0 aliphatic carbocycles. The third-order valence-corrected chi connectivity index (χ3v) is 2.64. The van der Waals surface area contributed by atoms with E-state index < -0.39 is 0 Å². The van der Waals surface area contributed by atoms with Gasteiger partial charge in [-0.1, -0.05) is 32.6 Å². The molecule has 1 amide bonds. The highest BCUT2D eigenvalue weighted by atomic mass is 16.1. The topological polar surface area (TPSA) is 58.4 Å². The second kappa shape index (κ2) is 9.60. The van der Waals surface area contributed by atoms with Crippen LogP contribution in [0.2, 0.25) is 0 Å². The maximum atomic E-state index is 11.2. The van der Waals surface area contributed by atoms with E-state index in [-0.39, 0.29) is 11.9 Å². The molecule has 0 saturated carbocycles. The van der Waals surface area contributed by atoms with Crippen LogP contribution < -0.4 is 11.1 Å². The van der Waals surface area contributed by atoms with Gasteiger partial charge in [-0.2, -0.15) is 0 Å². The summed E-state index contributed by atoms with van der Waals surface area (Å²) in [5, 5.41) is 3.21. The van der Waals surface area contributed by atoms with Crippen LogP contribution >= 0.6 is 0 Å². The van der Waals surface area contributed by atoms with Crippen molar-refractivity contribution < 1.29 is 4.79 Å². The number of nitrogens with two attached hydrogens (primary N) is 1. The summed E-state index contributed by atoms with van der Waals surface area (Å²) in [5.74, 6) is -0.227. The number of rotatable bonds is 10. The number of likely N-dealkylation sites (N-methyl/N-ethyl adjacent to an activating group) is 1. The SMILES string of the molecule is CCCCCCC(NCCN(C)C)C(N)=O. The molecule has 16 heavy (non-hydrogen) atoms. The molecule has 0 radical (unpaired) electrons. The van der Waals surface area contributed by atoms with E-state index in [2.05, 4.69) is 17.1 Å². The molecule has 0 heterocycles. The van der Waals surface area contributed by atoms with Crippen molar-refractivity contribution in [1.82, 2.24) is 10.2 Å². The van der Waals surface area contributed by atoms with Crippen molar-refractivity contribution >= 4 is 5.91 Å². The average molecular weight is 229 g/mol. The highest BCUT2D eigenvalue weighted by Gasteiger charge is 2.13. The summed E-state index contributed by atoms with van der Waals surface area (Å²) in [6.45, 7) is 3.92. The van der Waals surface area contributed by atoms with Gasteiger partial charge in [0.05, 0.1) is 6.04 Å². The van der Waals surface area contributed by atoms with Crippen LogP contribution in [0.4, 0.5) is 0 Å². The first kappa shape index (κ1) is 15.4. The molecule has 1 atom stereocenters. The zero-order valence-electron chi connectivity index (χ0n) is 11.0. The number of nitrogens with zero attached hydrogens (tertiary/aromatic N) is 1. The molecular weight excluding hydrogens is 202 g/mol. The molecule has 1 unspecified atom stereocenters. The minimum Gasteiger partial charge on any atom is -0.368 e. The first-order chi connectivity index (χ1) is 7.57. The Bertz CT molecular complexity index is 183. The number of carbonyl (C=O) groups excluding carboxylic acids is 1. The molecule has 4 nitrogen and oxygen atoms in total. The Balaban J connectivity index is 3.67. The Morgan fingerprint density at radius 1 is 1.31 bits per heavy atom. The lowest BCUT2D eigenvalue weighted by molar-refractivity contribution is -0.120. The van der Waals surface area contributed by atoms with E-state index in [1.807, 2.05) is 14.1 Å². The largest absolute Gasteiger partial charge is 0.368 e. The van der Waals surface area contributed by atoms with Crippen molar-refractivity contribution in [3.63, 3.8) is 0 Å². The molecule has 0 aliphatic rings. The Hall–Kier alpha value is -0.610. The van der Waals surface area contributed by atoms with Crippen LogP contribution in [0.3, 0.4) is 0 Å². The minimum absolute atomic E-state index is 0.156. The standard InChI is InChI=1S/C12H27N3O/c1-4-5-6-7-8-11(12(13)16)14-9-10-15(2)3/h11,14H,4-10H2,1-3H3,(H2,13,16). The van der Waals surface area contributed by atoms with Crippen molar-refractivity contribution in [3.8, 4) is 0 Å². The van der Waals surface area contributed by atoms with Gasteiger partial charge in [0.25, 0.3) is 0 Å². The number of unbranched alkanes of at least 4 members (excludes halogenated alkanes) is 3. The summed E-state index contributed by atoms with van der Waals surface area (Å²) < 4.78 is 0. The van der Waals surface area contributed by atoms with E-state index in [1.165, 1.54) is 19.3 Å². The second-order valence-electron chi connectivity index (χ2n) is 4.56. The van der Waals surface area contributed by atoms with Gasteiger partial charge in [0.15, 0.2) is 0 Å². The summed E-state index contributed by atoms with van der Waals surface area (Å²) in [7, 11) is 4.03. The lowest BCUT2D eigenvalue weighted by atomic mass is 10.1. The molecule has 0 rings (SSSR count). The molecule has 0 aromatic rings. The molecule has 96 valence electrons. The minimum atomic E-state index is -0.227. The Labute approximate surface area is 99.6 Å². The van der Waals surface area contributed by atoms with Crippen molar-refractivity contribution in [2.75, 3.05) is 27.2 Å². The van der Waals surface area contributed by atoms with Crippen LogP contribution in [0, 0.1) is 0 Å². The van der Waals surface area contributed by atoms with Gasteiger partial charge in [0, 0.05) is 13.1 Å². The molecule has 0 spiro atoms. The zero-order chi connectivity index (χ0) is 12.4. The Morgan fingerprint density at radius 3 is 2.50 bits per heavy atom. The zero-order valence-corrected chi connectivity index (χ0v) is 11.0. The van der Waals surface area contributed by atoms with Gasteiger partial charge in [-0.15, -0.1) is 0 Å². The molecule has 0 aromatic heterocycles. The first-order valence-corrected chi connectivity index (χ1v) is 6.25. The van der Waals surface area contributed by atoms with E-state index in [4.69, 9.17) is 5.73 Å². The fraction of sp³-hybridized carbons (Fsp3) is 0.917. The summed E-state index contributed by atoms with van der Waals surface area (Å²) >= 11 is 0. The normalized spacial score (nSPS) is 13.0. The molecule has 0 fully saturated rings. The highest BCUT2D eigenvalue weighted by Crippen LogP contribution is 2.05. The maximum Gasteiger partial charge on any atom is 0.234 e. The van der Waals surface area contributed by atoms with Crippen LogP contribution in [-0.2, 0) is 4.79 Å². The number of primary amides is 1. The molecule has 4 heteroatoms. The number of amides is 1. The van der Waals surface area contributed by atoms with Crippen LogP contribution in [0.15, 0.2) is 0 Å². The van der Waals surface area contributed by atoms with Gasteiger partial charge in [-0.05, 0) is 20.5 Å². The van der Waals surface area contributed by atoms with Gasteiger partial charge in [0.2, 0.25) is 5.91 Å². The molecule has 3 N–H and O–H groups in total. The summed E-state index contributed by atoms with van der Waals surface area (Å²) in [6.07, 6.45) is 5.59. The van der Waals surface area contributed by atoms with Gasteiger partial charge in [-0.3, -0.25) is 4.79 Å². The van der Waals surface area contributed by atoms with Crippen LogP contribution in [0.1, 0.15) is 39.0 Å². The maximum absolute atomic E-state index is 11.2. The molecule has 0 saturated heterocycles. The lowest BCUT2D eigenvalue weighted by Gasteiger charge is -2.17. The lowest BCUT2D eigenvalue weighted by Crippen LogP contribution is -2.43. The van der Waals surface area contributed by atoms with Crippen molar-refractivity contribution in [3.05, 3.63) is 0 Å². The summed E-state index contributed by atoms with van der Waals surface area (Å²) in [5.41, 5.74) is 5.35. The monoisotopic (exact) mass is 229 g/mol. The van der Waals surface area contributed by atoms with Crippen LogP contribution in [-0.4, -0.2) is 44.0 Å². The number of carbonyl (C=O) groups is 1. The number of hydrogen-bond acceptors (Lipinski definition) is 3. The third kappa shape index (κ3) is 8.68. The highest BCUT2D eigenvalue weighted by molar-refractivity contribution is 5.79. The van der Waals surface area contributed by atoms with Crippen molar-refractivity contribution in [2.24, 2.45) is 5.73 Å². The van der Waals surface area contributed by atoms with Crippen LogP contribution in [0.5, 0.6) is 0 Å². The van der Waals surface area contributed by atoms with Gasteiger partial charge >= 0.3 is 0 Å². The van der Waals surface area contributed by atoms with Gasteiger partial charge in [0.1, 0.15) is 0 Å². The van der Waals surface area contributed by atoms with E-state index in [0.717, 1.165) is 25.9 Å². The number of hydrogen-bond donors (Lipinski definition) is 2. The van der Waals surface area contributed by atoms with E-state index >= 15 is 0 Å². The Kier molecular flexibility index (Phi) is 9.24. The molecule has 0 bridgehead atoms. The van der Waals surface area contributed by atoms with E-state index in [0.29, 0.717) is 0 Å². The van der Waals surface area contributed by atoms with E-state index in [9.17, 15) is 4.79 Å².